The molecule has 0 aliphatic carbocycles. The minimum absolute atomic E-state index is 0.0626. The van der Waals surface area contributed by atoms with Crippen LogP contribution in [-0.2, 0) is 13.6 Å². The van der Waals surface area contributed by atoms with Crippen LogP contribution < -0.4 is 0 Å². The summed E-state index contributed by atoms with van der Waals surface area (Å²) in [6.45, 7) is 7.16. The highest BCUT2D eigenvalue weighted by molar-refractivity contribution is 7.78. The summed E-state index contributed by atoms with van der Waals surface area (Å²) in [7, 11) is -3.14. The van der Waals surface area contributed by atoms with Gasteiger partial charge in [-0.3, -0.25) is 4.57 Å². The molecule has 14 heavy (non-hydrogen) atoms. The van der Waals surface area contributed by atoms with Crippen molar-refractivity contribution in [2.45, 2.75) is 39.9 Å². The van der Waals surface area contributed by atoms with Crippen molar-refractivity contribution in [1.82, 2.24) is 0 Å². The summed E-state index contributed by atoms with van der Waals surface area (Å²) in [6, 6.07) is 0. The van der Waals surface area contributed by atoms with Crippen LogP contribution in [0.1, 0.15) is 27.7 Å². The van der Waals surface area contributed by atoms with Crippen molar-refractivity contribution in [2.75, 3.05) is 6.29 Å². The van der Waals surface area contributed by atoms with Crippen LogP contribution in [0.5, 0.6) is 0 Å². The molecule has 0 fully saturated rings. The van der Waals surface area contributed by atoms with E-state index in [4.69, 9.17) is 9.05 Å². The average molecular weight is 237 g/mol. The lowest BCUT2D eigenvalue weighted by molar-refractivity contribution is 0.143. The number of rotatable bonds is 6. The van der Waals surface area contributed by atoms with Gasteiger partial charge in [-0.25, -0.2) is 4.99 Å². The van der Waals surface area contributed by atoms with Gasteiger partial charge in [0.25, 0.3) is 0 Å². The van der Waals surface area contributed by atoms with Gasteiger partial charge in [-0.15, -0.1) is 0 Å². The molecule has 82 valence electrons. The van der Waals surface area contributed by atoms with E-state index < -0.39 is 7.60 Å². The van der Waals surface area contributed by atoms with E-state index in [2.05, 4.69) is 22.4 Å². The second-order valence-electron chi connectivity index (χ2n) is 3.31. The highest BCUT2D eigenvalue weighted by Gasteiger charge is 2.27. The maximum Gasteiger partial charge on any atom is 0.353 e. The Morgan fingerprint density at radius 2 is 1.71 bits per heavy atom. The van der Waals surface area contributed by atoms with Gasteiger partial charge in [0.05, 0.1) is 17.4 Å². The third-order valence-corrected chi connectivity index (χ3v) is 3.15. The van der Waals surface area contributed by atoms with Gasteiger partial charge in [-0.2, -0.15) is 0 Å². The van der Waals surface area contributed by atoms with Gasteiger partial charge >= 0.3 is 7.60 Å². The van der Waals surface area contributed by atoms with Crippen molar-refractivity contribution in [1.29, 1.82) is 0 Å². The molecule has 0 bridgehead atoms. The fourth-order valence-electron chi connectivity index (χ4n) is 0.849. The Labute approximate surface area is 90.2 Å². The van der Waals surface area contributed by atoms with E-state index in [1.165, 1.54) is 0 Å². The SMILES string of the molecule is CC(C)OP(=O)(CN=C=S)OC(C)C. The molecule has 0 spiro atoms. The zero-order valence-electron chi connectivity index (χ0n) is 8.89. The van der Waals surface area contributed by atoms with Crippen molar-refractivity contribution < 1.29 is 13.6 Å². The lowest BCUT2D eigenvalue weighted by Gasteiger charge is -2.20. The summed E-state index contributed by atoms with van der Waals surface area (Å²) in [5.74, 6) is 0. The molecule has 0 aliphatic heterocycles. The molecule has 0 unspecified atom stereocenters. The molecule has 0 heterocycles. The Balaban J connectivity index is 4.48. The predicted octanol–water partition coefficient (Wildman–Crippen LogP) is 3.09. The van der Waals surface area contributed by atoms with Gasteiger partial charge in [-0.1, -0.05) is 0 Å². The first-order chi connectivity index (χ1) is 6.39. The Bertz CT molecular complexity index is 247. The molecular formula is C8H16NO3PS. The quantitative estimate of drug-likeness (QED) is 0.404. The smallest absolute Gasteiger partial charge is 0.305 e. The van der Waals surface area contributed by atoms with Gasteiger partial charge in [-0.05, 0) is 39.9 Å². The summed E-state index contributed by atoms with van der Waals surface area (Å²) in [6.07, 6.45) is -0.396. The average Bonchev–Trinajstić information content (AvgIpc) is 1.97. The first kappa shape index (κ1) is 13.9. The minimum Gasteiger partial charge on any atom is -0.305 e. The molecule has 0 aromatic heterocycles. The van der Waals surface area contributed by atoms with Crippen LogP contribution in [0.2, 0.25) is 0 Å². The largest absolute Gasteiger partial charge is 0.353 e. The molecule has 0 aromatic carbocycles. The van der Waals surface area contributed by atoms with Gasteiger partial charge < -0.3 is 9.05 Å². The maximum atomic E-state index is 12.0. The van der Waals surface area contributed by atoms with Crippen LogP contribution >= 0.6 is 19.8 Å². The Morgan fingerprint density at radius 1 is 1.29 bits per heavy atom. The van der Waals surface area contributed by atoms with Crippen LogP contribution in [0.15, 0.2) is 4.99 Å². The summed E-state index contributed by atoms with van der Waals surface area (Å²) in [4.78, 5) is 3.60. The summed E-state index contributed by atoms with van der Waals surface area (Å²) >= 11 is 4.40. The van der Waals surface area contributed by atoms with Crippen molar-refractivity contribution in [3.63, 3.8) is 0 Å². The highest BCUT2D eigenvalue weighted by atomic mass is 32.1. The van der Waals surface area contributed by atoms with Crippen LogP contribution in [0.25, 0.3) is 0 Å². The molecule has 0 saturated heterocycles. The van der Waals surface area contributed by atoms with E-state index in [1.807, 2.05) is 0 Å². The first-order valence-corrected chi connectivity index (χ1v) is 6.52. The fourth-order valence-corrected chi connectivity index (χ4v) is 2.72. The lowest BCUT2D eigenvalue weighted by atomic mass is 10.5. The highest BCUT2D eigenvalue weighted by Crippen LogP contribution is 2.50. The Morgan fingerprint density at radius 3 is 2.00 bits per heavy atom. The van der Waals surface area contributed by atoms with Crippen LogP contribution in [0.3, 0.4) is 0 Å². The van der Waals surface area contributed by atoms with E-state index in [1.54, 1.807) is 27.7 Å². The third-order valence-electron chi connectivity index (χ3n) is 1.05. The third kappa shape index (κ3) is 6.41. The predicted molar refractivity (Wildman–Crippen MR) is 59.9 cm³/mol. The Hall–Kier alpha value is -0.0500. The number of hydrogen-bond acceptors (Lipinski definition) is 5. The molecule has 6 heteroatoms. The van der Waals surface area contributed by atoms with Crippen LogP contribution in [-0.4, -0.2) is 23.7 Å². The van der Waals surface area contributed by atoms with E-state index in [0.29, 0.717) is 0 Å². The minimum atomic E-state index is -3.14. The van der Waals surface area contributed by atoms with Crippen LogP contribution in [0.4, 0.5) is 0 Å². The molecule has 0 amide bonds. The molecule has 0 radical (unpaired) electrons. The van der Waals surface area contributed by atoms with Gasteiger partial charge in [0.15, 0.2) is 6.29 Å². The molecule has 4 nitrogen and oxygen atoms in total. The van der Waals surface area contributed by atoms with Crippen molar-refractivity contribution in [3.8, 4) is 0 Å². The molecule has 0 N–H and O–H groups in total. The second-order valence-corrected chi connectivity index (χ2v) is 5.42. The zero-order chi connectivity index (χ0) is 11.2. The molecule has 0 aromatic rings. The summed E-state index contributed by atoms with van der Waals surface area (Å²) in [5, 5.41) is 2.15. The zero-order valence-corrected chi connectivity index (χ0v) is 10.6. The monoisotopic (exact) mass is 237 g/mol. The fraction of sp³-hybridized carbons (Fsp3) is 0.875. The van der Waals surface area contributed by atoms with Gasteiger partial charge in [0.1, 0.15) is 0 Å². The number of isothiocyanates is 1. The number of thiocarbonyl (C=S) groups is 1. The van der Waals surface area contributed by atoms with E-state index in [0.717, 1.165) is 0 Å². The number of hydrogen-bond donors (Lipinski definition) is 0. The molecular weight excluding hydrogens is 221 g/mol. The topological polar surface area (TPSA) is 47.9 Å². The molecule has 0 saturated carbocycles. The first-order valence-electron chi connectivity index (χ1n) is 4.39. The van der Waals surface area contributed by atoms with Crippen molar-refractivity contribution >= 4 is 25.0 Å². The Kier molecular flexibility index (Phi) is 6.41. The van der Waals surface area contributed by atoms with Gasteiger partial charge in [0.2, 0.25) is 0 Å². The van der Waals surface area contributed by atoms with Crippen molar-refractivity contribution in [3.05, 3.63) is 0 Å². The standard InChI is InChI=1S/C8H16NO3PS/c1-7(2)11-13(10,5-9-6-14)12-8(3)4/h7-8H,5H2,1-4H3. The molecule has 0 aliphatic rings. The normalized spacial score (nSPS) is 11.9. The molecule has 0 atom stereocenters. The van der Waals surface area contributed by atoms with Crippen molar-refractivity contribution in [2.24, 2.45) is 4.99 Å². The van der Waals surface area contributed by atoms with Gasteiger partial charge in [0, 0.05) is 0 Å². The lowest BCUT2D eigenvalue weighted by Crippen LogP contribution is -2.09. The maximum absolute atomic E-state index is 12.0. The second kappa shape index (κ2) is 6.44. The van der Waals surface area contributed by atoms with E-state index in [9.17, 15) is 4.57 Å². The van der Waals surface area contributed by atoms with E-state index in [-0.39, 0.29) is 18.5 Å². The summed E-state index contributed by atoms with van der Waals surface area (Å²) in [5.41, 5.74) is 0. The number of nitrogens with zero attached hydrogens (tertiary/aromatic N) is 1. The van der Waals surface area contributed by atoms with E-state index >= 15 is 0 Å². The number of aliphatic imine (C=N–C) groups is 1. The molecule has 0 rings (SSSR count). The van der Waals surface area contributed by atoms with Crippen LogP contribution in [0, 0.1) is 0 Å². The summed E-state index contributed by atoms with van der Waals surface area (Å²) < 4.78 is 22.4.